The number of rotatable bonds is 6. The highest BCUT2D eigenvalue weighted by Crippen LogP contribution is 2.37. The van der Waals surface area contributed by atoms with Crippen LogP contribution in [0, 0.1) is 0 Å². The van der Waals surface area contributed by atoms with E-state index < -0.39 is 6.10 Å². The minimum atomic E-state index is -0.398. The zero-order valence-electron chi connectivity index (χ0n) is 17.4. The number of nitrogens with one attached hydrogen (secondary N) is 1. The van der Waals surface area contributed by atoms with Gasteiger partial charge in [0, 0.05) is 18.4 Å². The van der Waals surface area contributed by atoms with Gasteiger partial charge in [-0.2, -0.15) is 0 Å². The first-order valence-electron chi connectivity index (χ1n) is 10.7. The quantitative estimate of drug-likeness (QED) is 0.597. The minimum absolute atomic E-state index is 0. The van der Waals surface area contributed by atoms with Gasteiger partial charge in [-0.25, -0.2) is 0 Å². The predicted octanol–water partition coefficient (Wildman–Crippen LogP) is 4.48. The van der Waals surface area contributed by atoms with Crippen molar-refractivity contribution < 1.29 is 14.6 Å². The molecule has 2 N–H and O–H groups in total. The van der Waals surface area contributed by atoms with Gasteiger partial charge in [0.25, 0.3) is 0 Å². The van der Waals surface area contributed by atoms with Gasteiger partial charge < -0.3 is 19.9 Å². The molecule has 0 saturated heterocycles. The highest BCUT2D eigenvalue weighted by molar-refractivity contribution is 5.85. The Balaban J connectivity index is 0.00000231. The summed E-state index contributed by atoms with van der Waals surface area (Å²) in [4.78, 5) is 0. The van der Waals surface area contributed by atoms with Crippen LogP contribution in [0.2, 0.25) is 0 Å². The Hall–Kier alpha value is -2.53. The third-order valence-corrected chi connectivity index (χ3v) is 6.27. The standard InChI is InChI=1S/C26H27NO3.ClH/c28-24-14-21-16-26-25(29-17-30-26)15-20(21)13-23(24)27-12-11-22(18-7-3-1-4-8-18)19-9-5-2-6-10-19;/h1-10,15-16,22-24,27-28H,11-14,17H2;1H/t23-,24-;/m0./s1. The first kappa shape index (κ1) is 21.7. The zero-order valence-corrected chi connectivity index (χ0v) is 18.2. The Morgan fingerprint density at radius 1 is 0.839 bits per heavy atom. The van der Waals surface area contributed by atoms with E-state index in [1.165, 1.54) is 16.7 Å². The fraction of sp³-hybridized carbons (Fsp3) is 0.308. The van der Waals surface area contributed by atoms with Crippen molar-refractivity contribution in [2.75, 3.05) is 13.3 Å². The van der Waals surface area contributed by atoms with Crippen molar-refractivity contribution in [3.05, 3.63) is 95.1 Å². The molecule has 5 heteroatoms. The van der Waals surface area contributed by atoms with Crippen LogP contribution in [0.1, 0.15) is 34.6 Å². The van der Waals surface area contributed by atoms with Gasteiger partial charge in [0.15, 0.2) is 11.5 Å². The third-order valence-electron chi connectivity index (χ3n) is 6.27. The Morgan fingerprint density at radius 2 is 1.39 bits per heavy atom. The van der Waals surface area contributed by atoms with Crippen LogP contribution in [0.25, 0.3) is 0 Å². The van der Waals surface area contributed by atoms with Crippen LogP contribution in [0.15, 0.2) is 72.8 Å². The molecule has 0 saturated carbocycles. The number of aliphatic hydroxyl groups is 1. The lowest BCUT2D eigenvalue weighted by Crippen LogP contribution is -2.46. The number of hydrogen-bond donors (Lipinski definition) is 2. The van der Waals surface area contributed by atoms with E-state index in [0.717, 1.165) is 36.4 Å². The molecule has 5 rings (SSSR count). The lowest BCUT2D eigenvalue weighted by atomic mass is 9.85. The number of aliphatic hydroxyl groups excluding tert-OH is 1. The molecule has 1 heterocycles. The highest BCUT2D eigenvalue weighted by atomic mass is 35.5. The monoisotopic (exact) mass is 437 g/mol. The summed E-state index contributed by atoms with van der Waals surface area (Å²) < 4.78 is 11.0. The van der Waals surface area contributed by atoms with Gasteiger partial charge in [0.05, 0.1) is 6.10 Å². The van der Waals surface area contributed by atoms with E-state index in [1.54, 1.807) is 0 Å². The van der Waals surface area contributed by atoms with Gasteiger partial charge >= 0.3 is 0 Å². The van der Waals surface area contributed by atoms with Gasteiger partial charge in [-0.1, -0.05) is 60.7 Å². The summed E-state index contributed by atoms with van der Waals surface area (Å²) in [5.74, 6) is 1.94. The second-order valence-electron chi connectivity index (χ2n) is 8.17. The van der Waals surface area contributed by atoms with Crippen molar-refractivity contribution in [1.82, 2.24) is 5.32 Å². The molecule has 2 aliphatic rings. The maximum absolute atomic E-state index is 10.7. The molecule has 1 aliphatic heterocycles. The van der Waals surface area contributed by atoms with Crippen molar-refractivity contribution in [3.63, 3.8) is 0 Å². The number of ether oxygens (including phenoxy) is 2. The SMILES string of the molecule is Cl.O[C@H]1Cc2cc3c(cc2C[C@@H]1NCCC(c1ccccc1)c1ccccc1)OCO3. The van der Waals surface area contributed by atoms with E-state index in [4.69, 9.17) is 9.47 Å². The molecule has 4 nitrogen and oxygen atoms in total. The zero-order chi connectivity index (χ0) is 20.3. The second kappa shape index (κ2) is 9.73. The van der Waals surface area contributed by atoms with Crippen molar-refractivity contribution in [3.8, 4) is 11.5 Å². The summed E-state index contributed by atoms with van der Waals surface area (Å²) in [7, 11) is 0. The number of halogens is 1. The third kappa shape index (κ3) is 4.72. The fourth-order valence-electron chi connectivity index (χ4n) is 4.66. The average Bonchev–Trinajstić information content (AvgIpc) is 3.24. The van der Waals surface area contributed by atoms with Crippen LogP contribution in [0.3, 0.4) is 0 Å². The summed E-state index contributed by atoms with van der Waals surface area (Å²) >= 11 is 0. The van der Waals surface area contributed by atoms with Gasteiger partial charge in [0.2, 0.25) is 6.79 Å². The maximum Gasteiger partial charge on any atom is 0.231 e. The van der Waals surface area contributed by atoms with E-state index in [2.05, 4.69) is 72.0 Å². The molecule has 0 unspecified atom stereocenters. The van der Waals surface area contributed by atoms with Crippen molar-refractivity contribution in [2.45, 2.75) is 37.3 Å². The van der Waals surface area contributed by atoms with E-state index in [9.17, 15) is 5.11 Å². The van der Waals surface area contributed by atoms with Crippen molar-refractivity contribution >= 4 is 12.4 Å². The summed E-state index contributed by atoms with van der Waals surface area (Å²) in [6.07, 6.45) is 2.02. The molecule has 3 aromatic carbocycles. The molecular weight excluding hydrogens is 410 g/mol. The van der Waals surface area contributed by atoms with Gasteiger partial charge in [0.1, 0.15) is 0 Å². The summed E-state index contributed by atoms with van der Waals surface area (Å²) in [5, 5.41) is 14.4. The Kier molecular flexibility index (Phi) is 6.81. The Labute approximate surface area is 189 Å². The lowest BCUT2D eigenvalue weighted by Gasteiger charge is -2.31. The summed E-state index contributed by atoms with van der Waals surface area (Å²) in [5.41, 5.74) is 5.06. The molecule has 2 atom stereocenters. The summed E-state index contributed by atoms with van der Waals surface area (Å²) in [6, 6.07) is 25.5. The molecule has 0 amide bonds. The fourth-order valence-corrected chi connectivity index (χ4v) is 4.66. The molecule has 1 aliphatic carbocycles. The number of fused-ring (bicyclic) bond motifs is 2. The molecular formula is C26H28ClNO3. The largest absolute Gasteiger partial charge is 0.454 e. The minimum Gasteiger partial charge on any atom is -0.454 e. The molecule has 0 aromatic heterocycles. The normalized spacial score (nSPS) is 19.0. The highest BCUT2D eigenvalue weighted by Gasteiger charge is 2.29. The molecule has 3 aromatic rings. The lowest BCUT2D eigenvalue weighted by molar-refractivity contribution is 0.119. The molecule has 0 fully saturated rings. The molecule has 0 bridgehead atoms. The number of hydrogen-bond acceptors (Lipinski definition) is 4. The smallest absolute Gasteiger partial charge is 0.231 e. The van der Waals surface area contributed by atoms with E-state index in [1.807, 2.05) is 6.07 Å². The Bertz CT molecular complexity index is 957. The first-order valence-corrected chi connectivity index (χ1v) is 10.7. The van der Waals surface area contributed by atoms with Crippen molar-refractivity contribution in [1.29, 1.82) is 0 Å². The van der Waals surface area contributed by atoms with Crippen molar-refractivity contribution in [2.24, 2.45) is 0 Å². The maximum atomic E-state index is 10.7. The van der Waals surface area contributed by atoms with Crippen LogP contribution in [0.5, 0.6) is 11.5 Å². The van der Waals surface area contributed by atoms with Gasteiger partial charge in [-0.3, -0.25) is 0 Å². The van der Waals surface area contributed by atoms with Gasteiger partial charge in [-0.15, -0.1) is 12.4 Å². The van der Waals surface area contributed by atoms with Crippen LogP contribution in [-0.4, -0.2) is 30.6 Å². The summed E-state index contributed by atoms with van der Waals surface area (Å²) in [6.45, 7) is 1.12. The Morgan fingerprint density at radius 3 is 1.97 bits per heavy atom. The molecule has 162 valence electrons. The van der Waals surface area contributed by atoms with E-state index in [0.29, 0.717) is 12.3 Å². The van der Waals surface area contributed by atoms with Crippen LogP contribution in [-0.2, 0) is 12.8 Å². The second-order valence-corrected chi connectivity index (χ2v) is 8.17. The molecule has 31 heavy (non-hydrogen) atoms. The van der Waals surface area contributed by atoms with Crippen LogP contribution < -0.4 is 14.8 Å². The topological polar surface area (TPSA) is 50.7 Å². The van der Waals surface area contributed by atoms with E-state index in [-0.39, 0.29) is 25.2 Å². The first-order chi connectivity index (χ1) is 14.8. The van der Waals surface area contributed by atoms with Gasteiger partial charge in [-0.05, 0) is 53.8 Å². The average molecular weight is 438 g/mol. The van der Waals surface area contributed by atoms with Crippen LogP contribution >= 0.6 is 12.4 Å². The molecule has 0 spiro atoms. The van der Waals surface area contributed by atoms with Crippen LogP contribution in [0.4, 0.5) is 0 Å². The predicted molar refractivity (Wildman–Crippen MR) is 124 cm³/mol. The molecule has 0 radical (unpaired) electrons. The number of benzene rings is 3. The van der Waals surface area contributed by atoms with E-state index >= 15 is 0 Å².